The zero-order valence-electron chi connectivity index (χ0n) is 10.2. The molecule has 94 valence electrons. The van der Waals surface area contributed by atoms with E-state index in [1.165, 1.54) is 6.20 Å². The Morgan fingerprint density at radius 2 is 2.11 bits per heavy atom. The van der Waals surface area contributed by atoms with E-state index in [9.17, 15) is 9.59 Å². The number of nitrogens with zero attached hydrogens (tertiary/aromatic N) is 2. The van der Waals surface area contributed by atoms with Gasteiger partial charge >= 0.3 is 0 Å². The van der Waals surface area contributed by atoms with Gasteiger partial charge in [-0.1, -0.05) is 25.3 Å². The molecule has 0 radical (unpaired) electrons. The van der Waals surface area contributed by atoms with Gasteiger partial charge in [0.05, 0.1) is 6.04 Å². The lowest BCUT2D eigenvalue weighted by Crippen LogP contribution is -2.41. The smallest absolute Gasteiger partial charge is 0.210 e. The van der Waals surface area contributed by atoms with E-state index in [1.807, 2.05) is 0 Å². The number of hydrogen-bond acceptors (Lipinski definition) is 3. The number of likely N-dealkylation sites (tertiary alicyclic amines) is 1. The Morgan fingerprint density at radius 3 is 2.72 bits per heavy atom. The lowest BCUT2D eigenvalue weighted by molar-refractivity contribution is -0.127. The van der Waals surface area contributed by atoms with E-state index in [-0.39, 0.29) is 17.9 Å². The highest BCUT2D eigenvalue weighted by Crippen LogP contribution is 2.47. The summed E-state index contributed by atoms with van der Waals surface area (Å²) in [7, 11) is 0. The number of carbonyl (C=O) groups is 2. The van der Waals surface area contributed by atoms with Gasteiger partial charge in [-0.2, -0.15) is 0 Å². The fraction of sp³-hybridized carbons (Fsp3) is 0.357. The molecule has 0 aromatic heterocycles. The summed E-state index contributed by atoms with van der Waals surface area (Å²) in [6.45, 7) is 7.05. The van der Waals surface area contributed by atoms with Crippen molar-refractivity contribution in [2.45, 2.75) is 24.9 Å². The van der Waals surface area contributed by atoms with Crippen LogP contribution in [0.3, 0.4) is 0 Å². The number of aliphatic imine (C=N–C) groups is 1. The van der Waals surface area contributed by atoms with Gasteiger partial charge in [0.2, 0.25) is 12.2 Å². The van der Waals surface area contributed by atoms with Crippen molar-refractivity contribution in [2.75, 3.05) is 0 Å². The molecule has 4 heteroatoms. The fourth-order valence-electron chi connectivity index (χ4n) is 2.50. The zero-order chi connectivity index (χ0) is 13.1. The number of amides is 1. The molecule has 1 heterocycles. The molecule has 0 bridgehead atoms. The Balaban J connectivity index is 2.16. The summed E-state index contributed by atoms with van der Waals surface area (Å²) in [5.41, 5.74) is 0.322. The molecule has 4 nitrogen and oxygen atoms in total. The van der Waals surface area contributed by atoms with E-state index in [4.69, 9.17) is 0 Å². The highest BCUT2D eigenvalue weighted by Gasteiger charge is 2.53. The molecular weight excluding hydrogens is 228 g/mol. The summed E-state index contributed by atoms with van der Waals surface area (Å²) < 4.78 is 0. The van der Waals surface area contributed by atoms with E-state index >= 15 is 0 Å². The molecule has 3 atom stereocenters. The van der Waals surface area contributed by atoms with Gasteiger partial charge in [-0.15, -0.1) is 0 Å². The first-order valence-corrected chi connectivity index (χ1v) is 5.97. The Morgan fingerprint density at radius 1 is 1.33 bits per heavy atom. The summed E-state index contributed by atoms with van der Waals surface area (Å²) in [4.78, 5) is 28.9. The molecule has 1 amide bonds. The van der Waals surface area contributed by atoms with E-state index in [2.05, 4.69) is 18.2 Å². The Labute approximate surface area is 106 Å². The van der Waals surface area contributed by atoms with Crippen molar-refractivity contribution in [3.63, 3.8) is 0 Å². The van der Waals surface area contributed by atoms with Crippen LogP contribution in [0.2, 0.25) is 0 Å². The summed E-state index contributed by atoms with van der Waals surface area (Å²) in [6, 6.07) is -0.0933. The predicted octanol–water partition coefficient (Wildman–Crippen LogP) is 1.50. The molecule has 2 fully saturated rings. The molecule has 1 saturated carbocycles. The molecule has 0 aromatic carbocycles. The molecule has 1 aliphatic heterocycles. The number of allylic oxidation sites excluding steroid dienone is 3. The van der Waals surface area contributed by atoms with Gasteiger partial charge in [0.25, 0.3) is 0 Å². The number of hydrogen-bond donors (Lipinski definition) is 0. The first-order valence-electron chi connectivity index (χ1n) is 5.97. The molecule has 0 spiro atoms. The van der Waals surface area contributed by atoms with Gasteiger partial charge in [0, 0.05) is 12.2 Å². The second kappa shape index (κ2) is 5.12. The van der Waals surface area contributed by atoms with Gasteiger partial charge in [-0.3, -0.25) is 14.6 Å². The van der Waals surface area contributed by atoms with E-state index in [0.717, 1.165) is 19.3 Å². The van der Waals surface area contributed by atoms with Crippen molar-refractivity contribution in [3.8, 4) is 0 Å². The van der Waals surface area contributed by atoms with E-state index in [1.54, 1.807) is 23.1 Å². The Bertz CT molecular complexity index is 451. The minimum atomic E-state index is -0.362. The summed E-state index contributed by atoms with van der Waals surface area (Å²) in [5.74, 6) is 0.379. The minimum Gasteiger partial charge on any atom is -0.331 e. The van der Waals surface area contributed by atoms with Crippen molar-refractivity contribution < 1.29 is 9.59 Å². The largest absolute Gasteiger partial charge is 0.331 e. The molecule has 0 N–H and O–H groups in total. The summed E-state index contributed by atoms with van der Waals surface area (Å²) >= 11 is 0. The maximum absolute atomic E-state index is 12.3. The van der Waals surface area contributed by atoms with Crippen LogP contribution in [0, 0.1) is 5.92 Å². The fourth-order valence-corrected chi connectivity index (χ4v) is 2.50. The lowest BCUT2D eigenvalue weighted by Gasteiger charge is -2.21. The van der Waals surface area contributed by atoms with Crippen LogP contribution in [0.5, 0.6) is 0 Å². The third-order valence-corrected chi connectivity index (χ3v) is 3.45. The average Bonchev–Trinajstić information content (AvgIpc) is 3.05. The van der Waals surface area contributed by atoms with Crippen LogP contribution >= 0.6 is 0 Å². The number of rotatable bonds is 6. The van der Waals surface area contributed by atoms with Crippen LogP contribution in [0.4, 0.5) is 0 Å². The van der Waals surface area contributed by atoms with Gasteiger partial charge in [0.15, 0.2) is 0 Å². The summed E-state index contributed by atoms with van der Waals surface area (Å²) in [5, 5.41) is 0. The number of carbonyl (C=O) groups excluding carboxylic acids is 2. The van der Waals surface area contributed by atoms with Gasteiger partial charge in [-0.25, -0.2) is 0 Å². The Kier molecular flexibility index (Phi) is 3.55. The Hall–Kier alpha value is -1.97. The molecule has 2 rings (SSSR count). The normalized spacial score (nSPS) is 30.1. The molecular formula is C14H16N2O2. The molecule has 2 aliphatic rings. The first kappa shape index (κ1) is 12.5. The predicted molar refractivity (Wildman–Crippen MR) is 70.2 cm³/mol. The van der Waals surface area contributed by atoms with Gasteiger partial charge < -0.3 is 4.90 Å². The number of piperidine rings is 1. The minimum absolute atomic E-state index is 0.118. The summed E-state index contributed by atoms with van der Waals surface area (Å²) in [6.07, 6.45) is 8.73. The third-order valence-electron chi connectivity index (χ3n) is 3.45. The molecule has 18 heavy (non-hydrogen) atoms. The highest BCUT2D eigenvalue weighted by atomic mass is 16.2. The van der Waals surface area contributed by atoms with Crippen LogP contribution in [-0.4, -0.2) is 34.9 Å². The monoisotopic (exact) mass is 244 g/mol. The van der Waals surface area contributed by atoms with E-state index < -0.39 is 0 Å². The van der Waals surface area contributed by atoms with Crippen LogP contribution < -0.4 is 0 Å². The standard InChI is InChI=1S/C14H16N2O2/c1-3-5-6-11(15-4-2)14(18)13-8-10-7-12(10)16(13)9-17/h3-6,9-10,12-13H,1-2,7-8H2/b6-5-,15-11?/t10-,12-,13+/m1/s1. The number of Topliss-reactive ketones (excluding diaryl/α,β-unsaturated/α-hetero) is 1. The number of fused-ring (bicyclic) bond motifs is 1. The zero-order valence-corrected chi connectivity index (χ0v) is 10.2. The maximum atomic E-state index is 12.3. The molecule has 1 saturated heterocycles. The molecule has 0 unspecified atom stereocenters. The molecule has 1 aliphatic carbocycles. The highest BCUT2D eigenvalue weighted by molar-refractivity contribution is 6.46. The van der Waals surface area contributed by atoms with Crippen molar-refractivity contribution in [1.82, 2.24) is 4.90 Å². The van der Waals surface area contributed by atoms with Gasteiger partial charge in [0.1, 0.15) is 5.71 Å². The van der Waals surface area contributed by atoms with Crippen molar-refractivity contribution in [2.24, 2.45) is 10.9 Å². The number of ketones is 1. The second-order valence-electron chi connectivity index (χ2n) is 4.52. The van der Waals surface area contributed by atoms with Gasteiger partial charge in [-0.05, 0) is 24.8 Å². The van der Waals surface area contributed by atoms with Crippen LogP contribution in [0.15, 0.2) is 42.6 Å². The maximum Gasteiger partial charge on any atom is 0.210 e. The second-order valence-corrected chi connectivity index (χ2v) is 4.52. The van der Waals surface area contributed by atoms with Crippen LogP contribution in [0.1, 0.15) is 12.8 Å². The lowest BCUT2D eigenvalue weighted by atomic mass is 10.0. The van der Waals surface area contributed by atoms with E-state index in [0.29, 0.717) is 11.6 Å². The van der Waals surface area contributed by atoms with Crippen molar-refractivity contribution in [3.05, 3.63) is 37.6 Å². The van der Waals surface area contributed by atoms with Crippen LogP contribution in [-0.2, 0) is 9.59 Å². The topological polar surface area (TPSA) is 49.7 Å². The molecule has 0 aromatic rings. The van der Waals surface area contributed by atoms with Crippen LogP contribution in [0.25, 0.3) is 0 Å². The third kappa shape index (κ3) is 2.18. The van der Waals surface area contributed by atoms with Crippen molar-refractivity contribution >= 4 is 17.9 Å². The average molecular weight is 244 g/mol. The first-order chi connectivity index (χ1) is 8.72. The van der Waals surface area contributed by atoms with Crippen molar-refractivity contribution in [1.29, 1.82) is 0 Å². The SMILES string of the molecule is C=C/C=C\C(=NC=C)C(=O)[C@@H]1C[C@H]2C[C@H]2N1C=O. The quantitative estimate of drug-likeness (QED) is 0.404.